The van der Waals surface area contributed by atoms with Gasteiger partial charge in [-0.3, -0.25) is 0 Å². The van der Waals surface area contributed by atoms with E-state index in [-0.39, 0.29) is 6.03 Å². The fourth-order valence-electron chi connectivity index (χ4n) is 3.28. The number of carbonyl (C=O) groups is 1. The zero-order valence-corrected chi connectivity index (χ0v) is 16.1. The molecule has 4 heteroatoms. The molecule has 142 valence electrons. The third-order valence-corrected chi connectivity index (χ3v) is 4.84. The van der Waals surface area contributed by atoms with E-state index in [1.54, 1.807) is 0 Å². The number of H-pyrrole nitrogens is 1. The minimum absolute atomic E-state index is 0.232. The number of aryl methyl sites for hydroxylation is 1. The third kappa shape index (κ3) is 5.88. The molecule has 0 unspecified atom stereocenters. The van der Waals surface area contributed by atoms with Crippen molar-refractivity contribution in [3.63, 3.8) is 0 Å². The molecule has 0 aliphatic heterocycles. The Morgan fingerprint density at radius 3 is 2.37 bits per heavy atom. The van der Waals surface area contributed by atoms with Crippen LogP contribution in [0.1, 0.15) is 51.0 Å². The van der Waals surface area contributed by atoms with Crippen LogP contribution in [0, 0.1) is 0 Å². The standard InChI is InChI=1S/C23H29N3O/c1-2-3-4-5-6-7-8-18-9-12-20(13-10-18)25-23(27)26-21-14-11-19-15-16-24-22(19)17-21/h9-17,24H,2-8H2,1H3,(H2,25,26,27). The number of urea groups is 1. The highest BCUT2D eigenvalue weighted by Gasteiger charge is 2.04. The third-order valence-electron chi connectivity index (χ3n) is 4.84. The van der Waals surface area contributed by atoms with E-state index < -0.39 is 0 Å². The molecule has 27 heavy (non-hydrogen) atoms. The topological polar surface area (TPSA) is 56.9 Å². The van der Waals surface area contributed by atoms with Gasteiger partial charge in [-0.05, 0) is 54.1 Å². The van der Waals surface area contributed by atoms with Crippen LogP contribution in [0.5, 0.6) is 0 Å². The number of hydrogen-bond donors (Lipinski definition) is 3. The maximum absolute atomic E-state index is 12.2. The molecule has 4 nitrogen and oxygen atoms in total. The summed E-state index contributed by atoms with van der Waals surface area (Å²) in [6.07, 6.45) is 10.9. The summed E-state index contributed by atoms with van der Waals surface area (Å²) in [6, 6.07) is 15.7. The Labute approximate surface area is 161 Å². The Balaban J connectivity index is 1.43. The van der Waals surface area contributed by atoms with Crippen molar-refractivity contribution < 1.29 is 4.79 Å². The zero-order valence-electron chi connectivity index (χ0n) is 16.1. The Morgan fingerprint density at radius 2 is 1.56 bits per heavy atom. The maximum Gasteiger partial charge on any atom is 0.323 e. The van der Waals surface area contributed by atoms with Crippen molar-refractivity contribution in [1.29, 1.82) is 0 Å². The quantitative estimate of drug-likeness (QED) is 0.363. The number of aromatic amines is 1. The van der Waals surface area contributed by atoms with E-state index in [0.29, 0.717) is 0 Å². The first kappa shape index (κ1) is 19.0. The first-order chi connectivity index (χ1) is 13.2. The van der Waals surface area contributed by atoms with E-state index >= 15 is 0 Å². The summed E-state index contributed by atoms with van der Waals surface area (Å²) in [6.45, 7) is 2.25. The number of anilines is 2. The van der Waals surface area contributed by atoms with Gasteiger partial charge in [-0.1, -0.05) is 57.2 Å². The van der Waals surface area contributed by atoms with Crippen molar-refractivity contribution in [1.82, 2.24) is 4.98 Å². The number of fused-ring (bicyclic) bond motifs is 1. The normalized spacial score (nSPS) is 10.9. The van der Waals surface area contributed by atoms with E-state index in [1.165, 1.54) is 44.1 Å². The number of amides is 2. The van der Waals surface area contributed by atoms with Gasteiger partial charge in [-0.2, -0.15) is 0 Å². The Kier molecular flexibility index (Phi) is 6.91. The predicted molar refractivity (Wildman–Crippen MR) is 114 cm³/mol. The molecule has 2 amide bonds. The first-order valence-corrected chi connectivity index (χ1v) is 9.98. The molecule has 3 rings (SSSR count). The van der Waals surface area contributed by atoms with Crippen LogP contribution in [-0.2, 0) is 6.42 Å². The van der Waals surface area contributed by atoms with Crippen LogP contribution in [0.4, 0.5) is 16.2 Å². The second kappa shape index (κ2) is 9.81. The van der Waals surface area contributed by atoms with Gasteiger partial charge in [0.1, 0.15) is 0 Å². The summed E-state index contributed by atoms with van der Waals surface area (Å²) in [7, 11) is 0. The smallest absolute Gasteiger partial charge is 0.323 e. The van der Waals surface area contributed by atoms with Gasteiger partial charge in [0.25, 0.3) is 0 Å². The van der Waals surface area contributed by atoms with Crippen LogP contribution in [0.25, 0.3) is 10.9 Å². The van der Waals surface area contributed by atoms with Crippen LogP contribution in [0.2, 0.25) is 0 Å². The van der Waals surface area contributed by atoms with Crippen molar-refractivity contribution in [2.24, 2.45) is 0 Å². The van der Waals surface area contributed by atoms with E-state index in [4.69, 9.17) is 0 Å². The molecule has 2 aromatic carbocycles. The summed E-state index contributed by atoms with van der Waals surface area (Å²) in [4.78, 5) is 15.4. The molecule has 0 bridgehead atoms. The van der Waals surface area contributed by atoms with Gasteiger partial charge >= 0.3 is 6.03 Å². The van der Waals surface area contributed by atoms with E-state index in [0.717, 1.165) is 28.7 Å². The molecule has 0 radical (unpaired) electrons. The summed E-state index contributed by atoms with van der Waals surface area (Å²) < 4.78 is 0. The largest absolute Gasteiger partial charge is 0.361 e. The van der Waals surface area contributed by atoms with Gasteiger partial charge in [0, 0.05) is 23.1 Å². The van der Waals surface area contributed by atoms with Crippen LogP contribution in [-0.4, -0.2) is 11.0 Å². The van der Waals surface area contributed by atoms with E-state index in [2.05, 4.69) is 34.7 Å². The fraction of sp³-hybridized carbons (Fsp3) is 0.348. The van der Waals surface area contributed by atoms with Crippen molar-refractivity contribution in [2.45, 2.75) is 51.9 Å². The van der Waals surface area contributed by atoms with Crippen molar-refractivity contribution in [3.05, 3.63) is 60.3 Å². The summed E-state index contributed by atoms with van der Waals surface area (Å²) >= 11 is 0. The zero-order chi connectivity index (χ0) is 18.9. The number of carbonyl (C=O) groups excluding carboxylic acids is 1. The summed E-state index contributed by atoms with van der Waals surface area (Å²) in [5.41, 5.74) is 3.91. The first-order valence-electron chi connectivity index (χ1n) is 9.98. The lowest BCUT2D eigenvalue weighted by atomic mass is 10.0. The summed E-state index contributed by atoms with van der Waals surface area (Å²) in [5.74, 6) is 0. The van der Waals surface area contributed by atoms with Gasteiger partial charge in [0.2, 0.25) is 0 Å². The highest BCUT2D eigenvalue weighted by atomic mass is 16.2. The second-order valence-electron chi connectivity index (χ2n) is 7.07. The van der Waals surface area contributed by atoms with Gasteiger partial charge < -0.3 is 15.6 Å². The molecule has 3 N–H and O–H groups in total. The number of nitrogens with one attached hydrogen (secondary N) is 3. The molecular weight excluding hydrogens is 334 g/mol. The SMILES string of the molecule is CCCCCCCCc1ccc(NC(=O)Nc2ccc3cc[nH]c3c2)cc1. The van der Waals surface area contributed by atoms with Crippen LogP contribution in [0.3, 0.4) is 0 Å². The van der Waals surface area contributed by atoms with Gasteiger partial charge in [-0.25, -0.2) is 4.79 Å². The average Bonchev–Trinajstić information content (AvgIpc) is 3.13. The van der Waals surface area contributed by atoms with Gasteiger partial charge in [-0.15, -0.1) is 0 Å². The number of benzene rings is 2. The minimum atomic E-state index is -0.232. The molecular formula is C23H29N3O. The van der Waals surface area contributed by atoms with Crippen molar-refractivity contribution >= 4 is 28.3 Å². The highest BCUT2D eigenvalue weighted by Crippen LogP contribution is 2.18. The molecule has 0 aliphatic rings. The number of unbranched alkanes of at least 4 members (excludes halogenated alkanes) is 5. The van der Waals surface area contributed by atoms with Crippen molar-refractivity contribution in [2.75, 3.05) is 10.6 Å². The molecule has 1 aromatic heterocycles. The fourth-order valence-corrected chi connectivity index (χ4v) is 3.28. The number of aromatic nitrogens is 1. The molecule has 3 aromatic rings. The highest BCUT2D eigenvalue weighted by molar-refractivity contribution is 6.00. The molecule has 0 atom stereocenters. The molecule has 0 aliphatic carbocycles. The van der Waals surface area contributed by atoms with Crippen LogP contribution in [0.15, 0.2) is 54.7 Å². The lowest BCUT2D eigenvalue weighted by Gasteiger charge is -2.09. The molecule has 0 saturated carbocycles. The number of rotatable bonds is 9. The molecule has 0 saturated heterocycles. The molecule has 1 heterocycles. The minimum Gasteiger partial charge on any atom is -0.361 e. The predicted octanol–water partition coefficient (Wildman–Crippen LogP) is 6.71. The van der Waals surface area contributed by atoms with Gasteiger partial charge in [0.15, 0.2) is 0 Å². The lowest BCUT2D eigenvalue weighted by molar-refractivity contribution is 0.262. The lowest BCUT2D eigenvalue weighted by Crippen LogP contribution is -2.19. The number of hydrogen-bond acceptors (Lipinski definition) is 1. The summed E-state index contributed by atoms with van der Waals surface area (Å²) in [5, 5.41) is 6.89. The molecule has 0 fully saturated rings. The second-order valence-corrected chi connectivity index (χ2v) is 7.07. The van der Waals surface area contributed by atoms with Crippen molar-refractivity contribution in [3.8, 4) is 0 Å². The van der Waals surface area contributed by atoms with Crippen LogP contribution >= 0.6 is 0 Å². The van der Waals surface area contributed by atoms with E-state index in [9.17, 15) is 4.79 Å². The average molecular weight is 364 g/mol. The van der Waals surface area contributed by atoms with E-state index in [1.807, 2.05) is 42.6 Å². The molecule has 0 spiro atoms. The maximum atomic E-state index is 12.2. The Hall–Kier alpha value is -2.75. The Bertz CT molecular complexity index is 851. The Morgan fingerprint density at radius 1 is 0.852 bits per heavy atom. The van der Waals surface area contributed by atoms with Gasteiger partial charge in [0.05, 0.1) is 0 Å². The van der Waals surface area contributed by atoms with Crippen LogP contribution < -0.4 is 10.6 Å². The monoisotopic (exact) mass is 363 g/mol.